The molecule has 106 valence electrons. The number of hydrogen-bond acceptors (Lipinski definition) is 4. The van der Waals surface area contributed by atoms with E-state index in [0.717, 1.165) is 11.3 Å². The van der Waals surface area contributed by atoms with Gasteiger partial charge in [0.2, 0.25) is 0 Å². The van der Waals surface area contributed by atoms with Crippen LogP contribution in [0.5, 0.6) is 5.75 Å². The molecule has 0 saturated carbocycles. The highest BCUT2D eigenvalue weighted by Gasteiger charge is 2.34. The van der Waals surface area contributed by atoms with Crippen LogP contribution in [0.15, 0.2) is 24.3 Å². The van der Waals surface area contributed by atoms with E-state index in [2.05, 4.69) is 5.32 Å². The molecular weight excluding hydrogens is 242 g/mol. The van der Waals surface area contributed by atoms with Gasteiger partial charge >= 0.3 is 5.97 Å². The fraction of sp³-hybridized carbons (Fsp3) is 0.533. The van der Waals surface area contributed by atoms with Crippen molar-refractivity contribution in [2.75, 3.05) is 14.2 Å². The minimum atomic E-state index is -0.739. The summed E-state index contributed by atoms with van der Waals surface area (Å²) in [5.41, 5.74) is 0.343. The molecule has 0 amide bonds. The molecule has 2 atom stereocenters. The number of esters is 1. The van der Waals surface area contributed by atoms with Crippen LogP contribution in [0.2, 0.25) is 0 Å². The van der Waals surface area contributed by atoms with E-state index in [0.29, 0.717) is 6.42 Å². The van der Waals surface area contributed by atoms with E-state index in [1.54, 1.807) is 7.05 Å². The van der Waals surface area contributed by atoms with Crippen molar-refractivity contribution in [3.63, 3.8) is 0 Å². The zero-order chi connectivity index (χ0) is 14.5. The van der Waals surface area contributed by atoms with Crippen molar-refractivity contribution in [1.82, 2.24) is 5.32 Å². The summed E-state index contributed by atoms with van der Waals surface area (Å²) in [5.74, 6) is 0.563. The lowest BCUT2D eigenvalue weighted by Gasteiger charge is -2.29. The van der Waals surface area contributed by atoms with E-state index < -0.39 is 5.54 Å². The maximum absolute atomic E-state index is 11.8. The van der Waals surface area contributed by atoms with Gasteiger partial charge in [-0.25, -0.2) is 0 Å². The van der Waals surface area contributed by atoms with Gasteiger partial charge in [-0.1, -0.05) is 18.2 Å². The van der Waals surface area contributed by atoms with Crippen LogP contribution in [0.3, 0.4) is 0 Å². The number of carbonyl (C=O) groups is 1. The molecule has 1 N–H and O–H groups in total. The van der Waals surface area contributed by atoms with Crippen LogP contribution in [0.1, 0.15) is 25.8 Å². The summed E-state index contributed by atoms with van der Waals surface area (Å²) in [6.07, 6.45) is 0.433. The van der Waals surface area contributed by atoms with E-state index in [1.165, 1.54) is 7.11 Å². The van der Waals surface area contributed by atoms with Crippen LogP contribution in [-0.2, 0) is 9.53 Å². The number of benzene rings is 1. The number of ether oxygens (including phenoxy) is 2. The highest BCUT2D eigenvalue weighted by atomic mass is 16.5. The van der Waals surface area contributed by atoms with Gasteiger partial charge in [0.05, 0.1) is 13.2 Å². The Hall–Kier alpha value is -1.55. The largest absolute Gasteiger partial charge is 0.490 e. The Morgan fingerprint density at radius 3 is 2.58 bits per heavy atom. The second kappa shape index (κ2) is 6.57. The van der Waals surface area contributed by atoms with Gasteiger partial charge in [-0.2, -0.15) is 0 Å². The third-order valence-electron chi connectivity index (χ3n) is 3.31. The first-order chi connectivity index (χ1) is 8.92. The first-order valence-corrected chi connectivity index (χ1v) is 6.42. The summed E-state index contributed by atoms with van der Waals surface area (Å²) in [7, 11) is 3.14. The van der Waals surface area contributed by atoms with Gasteiger partial charge in [0.25, 0.3) is 0 Å². The van der Waals surface area contributed by atoms with Crippen LogP contribution in [0, 0.1) is 6.92 Å². The topological polar surface area (TPSA) is 47.6 Å². The average molecular weight is 265 g/mol. The summed E-state index contributed by atoms with van der Waals surface area (Å²) in [5, 5.41) is 3.01. The minimum absolute atomic E-state index is 0.0994. The van der Waals surface area contributed by atoms with Crippen molar-refractivity contribution in [2.24, 2.45) is 0 Å². The lowest BCUT2D eigenvalue weighted by atomic mass is 9.95. The van der Waals surface area contributed by atoms with Crippen LogP contribution >= 0.6 is 0 Å². The molecule has 2 unspecified atom stereocenters. The molecule has 0 aliphatic rings. The van der Waals surface area contributed by atoms with Crippen molar-refractivity contribution in [3.05, 3.63) is 29.8 Å². The molecule has 1 aromatic rings. The molecule has 4 nitrogen and oxygen atoms in total. The number of hydrogen-bond donors (Lipinski definition) is 1. The molecule has 1 rings (SSSR count). The van der Waals surface area contributed by atoms with Gasteiger partial charge in [-0.05, 0) is 39.4 Å². The molecule has 19 heavy (non-hydrogen) atoms. The van der Waals surface area contributed by atoms with Crippen molar-refractivity contribution in [2.45, 2.75) is 38.8 Å². The molecule has 0 bridgehead atoms. The summed E-state index contributed by atoms with van der Waals surface area (Å²) >= 11 is 0. The second-order valence-corrected chi connectivity index (χ2v) is 4.97. The van der Waals surface area contributed by atoms with Crippen LogP contribution in [0.25, 0.3) is 0 Å². The Balaban J connectivity index is 2.71. The number of aryl methyl sites for hydroxylation is 1. The van der Waals surface area contributed by atoms with Crippen molar-refractivity contribution in [1.29, 1.82) is 0 Å². The lowest BCUT2D eigenvalue weighted by Crippen LogP contribution is -2.50. The summed E-state index contributed by atoms with van der Waals surface area (Å²) < 4.78 is 10.7. The fourth-order valence-corrected chi connectivity index (χ4v) is 2.03. The highest BCUT2D eigenvalue weighted by Crippen LogP contribution is 2.22. The summed E-state index contributed by atoms with van der Waals surface area (Å²) in [4.78, 5) is 11.8. The van der Waals surface area contributed by atoms with Gasteiger partial charge in [0, 0.05) is 6.42 Å². The number of likely N-dealkylation sites (N-methyl/N-ethyl adjacent to an activating group) is 1. The Morgan fingerprint density at radius 1 is 1.42 bits per heavy atom. The van der Waals surface area contributed by atoms with E-state index in [4.69, 9.17) is 9.47 Å². The maximum Gasteiger partial charge on any atom is 0.325 e. The fourth-order valence-electron chi connectivity index (χ4n) is 2.03. The zero-order valence-corrected chi connectivity index (χ0v) is 12.3. The molecule has 0 saturated heterocycles. The average Bonchev–Trinajstić information content (AvgIpc) is 2.40. The summed E-state index contributed by atoms with van der Waals surface area (Å²) in [6, 6.07) is 7.84. The Labute approximate surface area is 115 Å². The van der Waals surface area contributed by atoms with Crippen molar-refractivity contribution in [3.8, 4) is 5.75 Å². The number of methoxy groups -OCH3 is 1. The zero-order valence-electron chi connectivity index (χ0n) is 12.3. The minimum Gasteiger partial charge on any atom is -0.490 e. The van der Waals surface area contributed by atoms with Crippen LogP contribution in [0.4, 0.5) is 0 Å². The number of nitrogens with one attached hydrogen (secondary N) is 1. The monoisotopic (exact) mass is 265 g/mol. The first-order valence-electron chi connectivity index (χ1n) is 6.42. The highest BCUT2D eigenvalue weighted by molar-refractivity contribution is 5.80. The predicted molar refractivity (Wildman–Crippen MR) is 75.4 cm³/mol. The molecule has 1 aromatic carbocycles. The van der Waals surface area contributed by atoms with Gasteiger partial charge in [0.15, 0.2) is 0 Å². The predicted octanol–water partition coefficient (Wildman–Crippen LogP) is 2.30. The molecule has 0 spiro atoms. The third kappa shape index (κ3) is 3.96. The molecular formula is C15H23NO3. The standard InChI is InChI=1S/C15H23NO3/c1-11-8-6-7-9-13(11)19-12(2)10-15(3,16-4)14(17)18-5/h6-9,12,16H,10H2,1-5H3. The lowest BCUT2D eigenvalue weighted by molar-refractivity contribution is -0.148. The number of rotatable bonds is 6. The molecule has 4 heteroatoms. The Bertz CT molecular complexity index is 433. The van der Waals surface area contributed by atoms with Crippen molar-refractivity contribution >= 4 is 5.97 Å². The Kier molecular flexibility index (Phi) is 5.36. The third-order valence-corrected chi connectivity index (χ3v) is 3.31. The van der Waals surface area contributed by atoms with Crippen molar-refractivity contribution < 1.29 is 14.3 Å². The van der Waals surface area contributed by atoms with E-state index in [1.807, 2.05) is 45.0 Å². The first kappa shape index (κ1) is 15.5. The van der Waals surface area contributed by atoms with Gasteiger partial charge in [-0.3, -0.25) is 4.79 Å². The molecule has 0 heterocycles. The van der Waals surface area contributed by atoms with E-state index in [-0.39, 0.29) is 12.1 Å². The van der Waals surface area contributed by atoms with Gasteiger partial charge in [0.1, 0.15) is 11.3 Å². The molecule has 0 aliphatic heterocycles. The molecule has 0 fully saturated rings. The molecule has 0 radical (unpaired) electrons. The Morgan fingerprint density at radius 2 is 2.05 bits per heavy atom. The quantitative estimate of drug-likeness (QED) is 0.802. The maximum atomic E-state index is 11.8. The SMILES string of the molecule is CNC(C)(CC(C)Oc1ccccc1C)C(=O)OC. The smallest absolute Gasteiger partial charge is 0.325 e. The van der Waals surface area contributed by atoms with Crippen LogP contribution in [-0.4, -0.2) is 31.8 Å². The molecule has 0 aromatic heterocycles. The van der Waals surface area contributed by atoms with Gasteiger partial charge < -0.3 is 14.8 Å². The number of para-hydroxylation sites is 1. The summed E-state index contributed by atoms with van der Waals surface area (Å²) in [6.45, 7) is 5.77. The van der Waals surface area contributed by atoms with E-state index in [9.17, 15) is 4.79 Å². The second-order valence-electron chi connectivity index (χ2n) is 4.97. The normalized spacial score (nSPS) is 15.4. The molecule has 0 aliphatic carbocycles. The number of carbonyl (C=O) groups excluding carboxylic acids is 1. The van der Waals surface area contributed by atoms with Gasteiger partial charge in [-0.15, -0.1) is 0 Å². The van der Waals surface area contributed by atoms with E-state index >= 15 is 0 Å². The van der Waals surface area contributed by atoms with Crippen LogP contribution < -0.4 is 10.1 Å².